The van der Waals surface area contributed by atoms with Crippen molar-refractivity contribution in [2.75, 3.05) is 7.11 Å². The van der Waals surface area contributed by atoms with E-state index in [4.69, 9.17) is 20.0 Å². The van der Waals surface area contributed by atoms with Gasteiger partial charge in [0.25, 0.3) is 0 Å². The average molecular weight is 376 g/mol. The molecule has 2 N–H and O–H groups in total. The number of rotatable bonds is 7. The number of carbonyl (C=O) groups excluding carboxylic acids is 1. The van der Waals surface area contributed by atoms with Gasteiger partial charge in [0.1, 0.15) is 18.1 Å². The zero-order valence-corrected chi connectivity index (χ0v) is 15.4. The van der Waals surface area contributed by atoms with Crippen LogP contribution in [0.1, 0.15) is 21.5 Å². The summed E-state index contributed by atoms with van der Waals surface area (Å²) in [6.07, 6.45) is 0. The first-order valence-corrected chi connectivity index (χ1v) is 8.62. The molecule has 0 aliphatic heterocycles. The van der Waals surface area contributed by atoms with Gasteiger partial charge in [-0.3, -0.25) is 0 Å². The van der Waals surface area contributed by atoms with Crippen LogP contribution >= 0.6 is 0 Å². The first kappa shape index (κ1) is 19.0. The number of hydrogen-bond acceptors (Lipinski definition) is 5. The Labute approximate surface area is 163 Å². The fraction of sp³-hybridized carbons (Fsp3) is 0.0909. The highest BCUT2D eigenvalue weighted by molar-refractivity contribution is 5.98. The Balaban J connectivity index is 1.62. The molecular weight excluding hydrogens is 356 g/mol. The zero-order chi connectivity index (χ0) is 19.8. The fourth-order valence-electron chi connectivity index (χ4n) is 2.41. The molecule has 0 aliphatic carbocycles. The van der Waals surface area contributed by atoms with Gasteiger partial charge < -0.3 is 20.0 Å². The number of nitrogens with two attached hydrogens (primary N) is 1. The Bertz CT molecular complexity index is 954. The van der Waals surface area contributed by atoms with Crippen molar-refractivity contribution < 1.29 is 19.1 Å². The molecule has 0 aliphatic rings. The Morgan fingerprint density at radius 3 is 2.36 bits per heavy atom. The van der Waals surface area contributed by atoms with Gasteiger partial charge in [0, 0.05) is 5.56 Å². The van der Waals surface area contributed by atoms with Crippen molar-refractivity contribution in [1.29, 1.82) is 0 Å². The Morgan fingerprint density at radius 2 is 1.64 bits per heavy atom. The average Bonchev–Trinajstić information content (AvgIpc) is 2.76. The minimum Gasteiger partial charge on any atom is -0.497 e. The van der Waals surface area contributed by atoms with Crippen LogP contribution in [0.15, 0.2) is 84.0 Å². The lowest BCUT2D eigenvalue weighted by Crippen LogP contribution is -2.15. The van der Waals surface area contributed by atoms with Crippen LogP contribution in [0.2, 0.25) is 0 Å². The minimum atomic E-state index is -0.623. The van der Waals surface area contributed by atoms with Crippen molar-refractivity contribution >= 4 is 11.8 Å². The van der Waals surface area contributed by atoms with Gasteiger partial charge >= 0.3 is 5.97 Å². The van der Waals surface area contributed by atoms with Crippen LogP contribution in [-0.2, 0) is 11.4 Å². The molecule has 6 heteroatoms. The lowest BCUT2D eigenvalue weighted by molar-refractivity contribution is 0.0515. The third-order valence-electron chi connectivity index (χ3n) is 3.93. The third-order valence-corrected chi connectivity index (χ3v) is 3.93. The molecule has 3 aromatic rings. The number of ether oxygens (including phenoxy) is 2. The number of benzene rings is 3. The maximum Gasteiger partial charge on any atom is 0.365 e. The molecule has 3 rings (SSSR count). The zero-order valence-electron chi connectivity index (χ0n) is 15.4. The standard InChI is InChI=1S/C22H20N2O4/c1-26-19-12-10-17(11-13-19)21(23)24-28-22(25)18-8-5-9-20(14-18)27-15-16-6-3-2-4-7-16/h2-14H,15H2,1H3,(H2,23,24). The van der Waals surface area contributed by atoms with Gasteiger partial charge in [-0.15, -0.1) is 0 Å². The number of amidine groups is 1. The summed E-state index contributed by atoms with van der Waals surface area (Å²) in [6, 6.07) is 23.4. The number of carbonyl (C=O) groups is 1. The van der Waals surface area contributed by atoms with Gasteiger partial charge in [-0.2, -0.15) is 0 Å². The van der Waals surface area contributed by atoms with Gasteiger partial charge in [0.05, 0.1) is 12.7 Å². The third kappa shape index (κ3) is 5.11. The van der Waals surface area contributed by atoms with Gasteiger partial charge in [-0.25, -0.2) is 4.79 Å². The van der Waals surface area contributed by atoms with Crippen molar-refractivity contribution in [2.24, 2.45) is 10.9 Å². The van der Waals surface area contributed by atoms with Crippen molar-refractivity contribution in [1.82, 2.24) is 0 Å². The van der Waals surface area contributed by atoms with Crippen molar-refractivity contribution in [2.45, 2.75) is 6.61 Å². The summed E-state index contributed by atoms with van der Waals surface area (Å²) < 4.78 is 10.8. The van der Waals surface area contributed by atoms with Crippen LogP contribution in [0.25, 0.3) is 0 Å². The lowest BCUT2D eigenvalue weighted by Gasteiger charge is -2.07. The first-order chi connectivity index (χ1) is 13.7. The molecule has 0 saturated carbocycles. The van der Waals surface area contributed by atoms with Crippen LogP contribution in [0.4, 0.5) is 0 Å². The highest BCUT2D eigenvalue weighted by Gasteiger charge is 2.10. The maximum absolute atomic E-state index is 12.2. The second-order valence-electron chi connectivity index (χ2n) is 5.89. The van der Waals surface area contributed by atoms with Crippen LogP contribution in [-0.4, -0.2) is 18.9 Å². The monoisotopic (exact) mass is 376 g/mol. The molecule has 0 fully saturated rings. The smallest absolute Gasteiger partial charge is 0.365 e. The quantitative estimate of drug-likeness (QED) is 0.294. The molecule has 0 unspecified atom stereocenters. The van der Waals surface area contributed by atoms with Gasteiger partial charge in [0.15, 0.2) is 5.84 Å². The summed E-state index contributed by atoms with van der Waals surface area (Å²) in [5.41, 5.74) is 7.83. The first-order valence-electron chi connectivity index (χ1n) is 8.62. The molecule has 6 nitrogen and oxygen atoms in total. The number of methoxy groups -OCH3 is 1. The molecule has 0 radical (unpaired) electrons. The normalized spacial score (nSPS) is 11.0. The van der Waals surface area contributed by atoms with E-state index in [9.17, 15) is 4.79 Å². The highest BCUT2D eigenvalue weighted by Crippen LogP contribution is 2.16. The van der Waals surface area contributed by atoms with Gasteiger partial charge in [0.2, 0.25) is 0 Å². The summed E-state index contributed by atoms with van der Waals surface area (Å²) in [6.45, 7) is 0.405. The second kappa shape index (κ2) is 9.23. The Kier molecular flexibility index (Phi) is 6.25. The topological polar surface area (TPSA) is 83.1 Å². The van der Waals surface area contributed by atoms with Crippen molar-refractivity contribution in [3.05, 3.63) is 95.6 Å². The summed E-state index contributed by atoms with van der Waals surface area (Å²) >= 11 is 0. The highest BCUT2D eigenvalue weighted by atomic mass is 16.7. The summed E-state index contributed by atoms with van der Waals surface area (Å²) in [4.78, 5) is 17.2. The molecule has 0 heterocycles. The Morgan fingerprint density at radius 1 is 0.893 bits per heavy atom. The molecule has 0 bridgehead atoms. The second-order valence-corrected chi connectivity index (χ2v) is 5.89. The molecule has 0 atom stereocenters. The largest absolute Gasteiger partial charge is 0.497 e. The minimum absolute atomic E-state index is 0.0903. The van der Waals surface area contributed by atoms with E-state index in [-0.39, 0.29) is 5.84 Å². The van der Waals surface area contributed by atoms with E-state index in [1.807, 2.05) is 30.3 Å². The molecule has 0 amide bonds. The molecule has 28 heavy (non-hydrogen) atoms. The van der Waals surface area contributed by atoms with Crippen LogP contribution in [0.5, 0.6) is 11.5 Å². The molecule has 0 saturated heterocycles. The lowest BCUT2D eigenvalue weighted by atomic mass is 10.2. The van der Waals surface area contributed by atoms with Crippen molar-refractivity contribution in [3.63, 3.8) is 0 Å². The van der Waals surface area contributed by atoms with E-state index in [0.29, 0.717) is 29.2 Å². The maximum atomic E-state index is 12.2. The number of hydrogen-bond donors (Lipinski definition) is 1. The molecule has 0 spiro atoms. The van der Waals surface area contributed by atoms with E-state index in [1.165, 1.54) is 0 Å². The summed E-state index contributed by atoms with van der Waals surface area (Å²) in [5.74, 6) is 0.723. The van der Waals surface area contributed by atoms with E-state index in [1.54, 1.807) is 55.6 Å². The van der Waals surface area contributed by atoms with Crippen LogP contribution < -0.4 is 15.2 Å². The summed E-state index contributed by atoms with van der Waals surface area (Å²) in [5, 5.41) is 3.71. The fourth-order valence-corrected chi connectivity index (χ4v) is 2.41. The summed E-state index contributed by atoms with van der Waals surface area (Å²) in [7, 11) is 1.58. The SMILES string of the molecule is COc1ccc(/C(N)=N\OC(=O)c2cccc(OCc3ccccc3)c2)cc1. The van der Waals surface area contributed by atoms with Crippen LogP contribution in [0, 0.1) is 0 Å². The molecular formula is C22H20N2O4. The Hall–Kier alpha value is -3.80. The van der Waals surface area contributed by atoms with Crippen molar-refractivity contribution in [3.8, 4) is 11.5 Å². The predicted molar refractivity (Wildman–Crippen MR) is 106 cm³/mol. The van der Waals surface area contributed by atoms with E-state index in [0.717, 1.165) is 5.56 Å². The van der Waals surface area contributed by atoms with E-state index >= 15 is 0 Å². The molecule has 3 aromatic carbocycles. The molecule has 0 aromatic heterocycles. The number of oxime groups is 1. The van der Waals surface area contributed by atoms with Crippen LogP contribution in [0.3, 0.4) is 0 Å². The van der Waals surface area contributed by atoms with Gasteiger partial charge in [-0.05, 0) is 48.0 Å². The number of nitrogens with zero attached hydrogens (tertiary/aromatic N) is 1. The predicted octanol–water partition coefficient (Wildman–Crippen LogP) is 3.75. The van der Waals surface area contributed by atoms with E-state index in [2.05, 4.69) is 5.16 Å². The molecule has 142 valence electrons. The van der Waals surface area contributed by atoms with Gasteiger partial charge in [-0.1, -0.05) is 41.6 Å². The van der Waals surface area contributed by atoms with E-state index < -0.39 is 5.97 Å².